The van der Waals surface area contributed by atoms with Crippen LogP contribution in [0.4, 0.5) is 0 Å². The topological polar surface area (TPSA) is 65.1 Å². The number of hydrogen-bond donors (Lipinski definition) is 1. The Labute approximate surface area is 157 Å². The highest BCUT2D eigenvalue weighted by molar-refractivity contribution is 5.81. The van der Waals surface area contributed by atoms with Crippen molar-refractivity contribution in [3.63, 3.8) is 0 Å². The van der Waals surface area contributed by atoms with E-state index in [0.29, 0.717) is 12.5 Å². The molecule has 2 saturated heterocycles. The number of amides is 2. The molecule has 1 N–H and O–H groups in total. The van der Waals surface area contributed by atoms with Crippen LogP contribution in [0.15, 0.2) is 0 Å². The van der Waals surface area contributed by atoms with E-state index >= 15 is 0 Å². The summed E-state index contributed by atoms with van der Waals surface area (Å²) in [5, 5.41) is 3.09. The van der Waals surface area contributed by atoms with Crippen LogP contribution in [0.3, 0.4) is 0 Å². The maximum Gasteiger partial charge on any atom is 0.225 e. The van der Waals surface area contributed by atoms with Crippen LogP contribution in [0.5, 0.6) is 0 Å². The Hall–Kier alpha value is -1.18. The molecule has 0 radical (unpaired) electrons. The molecule has 0 aromatic carbocycles. The average Bonchev–Trinajstić information content (AvgIpc) is 2.69. The highest BCUT2D eigenvalue weighted by atomic mass is 16.5. The van der Waals surface area contributed by atoms with Gasteiger partial charge in [-0.05, 0) is 32.7 Å². The van der Waals surface area contributed by atoms with Gasteiger partial charge >= 0.3 is 0 Å². The smallest absolute Gasteiger partial charge is 0.225 e. The minimum absolute atomic E-state index is 0.0798. The maximum atomic E-state index is 12.7. The van der Waals surface area contributed by atoms with E-state index in [4.69, 9.17) is 4.74 Å². The predicted molar refractivity (Wildman–Crippen MR) is 99.8 cm³/mol. The van der Waals surface area contributed by atoms with E-state index in [1.54, 1.807) is 0 Å². The lowest BCUT2D eigenvalue weighted by atomic mass is 9.81. The van der Waals surface area contributed by atoms with Gasteiger partial charge in [-0.3, -0.25) is 14.5 Å². The zero-order valence-corrected chi connectivity index (χ0v) is 16.1. The second kappa shape index (κ2) is 9.67. The summed E-state index contributed by atoms with van der Waals surface area (Å²) >= 11 is 0. The molecule has 148 valence electrons. The third kappa shape index (κ3) is 5.41. The van der Waals surface area contributed by atoms with Crippen LogP contribution in [0.25, 0.3) is 0 Å². The molecule has 0 unspecified atom stereocenters. The second-order valence-corrected chi connectivity index (χ2v) is 7.92. The highest BCUT2D eigenvalue weighted by Crippen LogP contribution is 2.30. The molecular weight excluding hydrogens is 332 g/mol. The van der Waals surface area contributed by atoms with Gasteiger partial charge in [-0.15, -0.1) is 0 Å². The van der Waals surface area contributed by atoms with Gasteiger partial charge in [-0.2, -0.15) is 0 Å². The minimum atomic E-state index is 0.0798. The van der Waals surface area contributed by atoms with Crippen LogP contribution in [0.1, 0.15) is 25.7 Å². The molecule has 1 saturated carbocycles. The molecule has 1 aliphatic carbocycles. The van der Waals surface area contributed by atoms with Crippen molar-refractivity contribution in [2.75, 3.05) is 72.6 Å². The number of hydrogen-bond acceptors (Lipinski definition) is 5. The molecule has 3 fully saturated rings. The summed E-state index contributed by atoms with van der Waals surface area (Å²) in [6.07, 6.45) is 3.39. The molecule has 26 heavy (non-hydrogen) atoms. The van der Waals surface area contributed by atoms with Crippen LogP contribution < -0.4 is 5.32 Å². The zero-order valence-electron chi connectivity index (χ0n) is 16.1. The molecule has 3 aliphatic rings. The van der Waals surface area contributed by atoms with E-state index in [1.165, 1.54) is 0 Å². The largest absolute Gasteiger partial charge is 0.379 e. The molecule has 0 spiro atoms. The fourth-order valence-corrected chi connectivity index (χ4v) is 4.19. The normalized spacial score (nSPS) is 28.7. The lowest BCUT2D eigenvalue weighted by Crippen LogP contribution is -2.49. The van der Waals surface area contributed by atoms with E-state index in [0.717, 1.165) is 84.7 Å². The summed E-state index contributed by atoms with van der Waals surface area (Å²) in [5.74, 6) is 0.681. The van der Waals surface area contributed by atoms with E-state index in [-0.39, 0.29) is 17.7 Å². The Morgan fingerprint density at radius 3 is 2.19 bits per heavy atom. The van der Waals surface area contributed by atoms with Crippen molar-refractivity contribution in [2.24, 2.45) is 11.8 Å². The van der Waals surface area contributed by atoms with Crippen LogP contribution in [-0.2, 0) is 14.3 Å². The van der Waals surface area contributed by atoms with Crippen molar-refractivity contribution in [3.05, 3.63) is 0 Å². The number of carbonyl (C=O) groups is 2. The van der Waals surface area contributed by atoms with E-state index in [2.05, 4.69) is 22.2 Å². The molecular formula is C19H34N4O3. The van der Waals surface area contributed by atoms with Gasteiger partial charge in [0.1, 0.15) is 0 Å². The van der Waals surface area contributed by atoms with Crippen molar-refractivity contribution in [2.45, 2.75) is 25.7 Å². The summed E-state index contributed by atoms with van der Waals surface area (Å²) in [4.78, 5) is 31.7. The second-order valence-electron chi connectivity index (χ2n) is 7.92. The lowest BCUT2D eigenvalue weighted by Gasteiger charge is -2.36. The number of nitrogens with one attached hydrogen (secondary N) is 1. The molecule has 7 heteroatoms. The van der Waals surface area contributed by atoms with E-state index in [9.17, 15) is 9.59 Å². The number of morpholine rings is 1. The van der Waals surface area contributed by atoms with Crippen molar-refractivity contribution in [1.82, 2.24) is 20.0 Å². The van der Waals surface area contributed by atoms with Crippen LogP contribution in [0.2, 0.25) is 0 Å². The first-order valence-corrected chi connectivity index (χ1v) is 10.2. The van der Waals surface area contributed by atoms with Gasteiger partial charge in [0.15, 0.2) is 0 Å². The number of nitrogens with zero attached hydrogens (tertiary/aromatic N) is 3. The number of carbonyl (C=O) groups excluding carboxylic acids is 2. The maximum absolute atomic E-state index is 12.7. The molecule has 3 rings (SSSR count). The summed E-state index contributed by atoms with van der Waals surface area (Å²) in [5.41, 5.74) is 0. The molecule has 0 aromatic heterocycles. The zero-order chi connectivity index (χ0) is 18.4. The van der Waals surface area contributed by atoms with E-state index in [1.807, 2.05) is 4.90 Å². The summed E-state index contributed by atoms with van der Waals surface area (Å²) in [6.45, 7) is 8.71. The Kier molecular flexibility index (Phi) is 7.28. The van der Waals surface area contributed by atoms with Gasteiger partial charge in [0.05, 0.1) is 13.2 Å². The third-order valence-corrected chi connectivity index (χ3v) is 6.09. The fourth-order valence-electron chi connectivity index (χ4n) is 4.19. The molecule has 0 aromatic rings. The molecule has 2 heterocycles. The summed E-state index contributed by atoms with van der Waals surface area (Å²) in [7, 11) is 2.10. The van der Waals surface area contributed by atoms with Crippen molar-refractivity contribution >= 4 is 11.8 Å². The highest BCUT2D eigenvalue weighted by Gasteiger charge is 2.32. The van der Waals surface area contributed by atoms with Gasteiger partial charge in [0.25, 0.3) is 0 Å². The average molecular weight is 367 g/mol. The van der Waals surface area contributed by atoms with Crippen molar-refractivity contribution in [3.8, 4) is 0 Å². The predicted octanol–water partition coefficient (Wildman–Crippen LogP) is 0.0152. The van der Waals surface area contributed by atoms with Crippen LogP contribution >= 0.6 is 0 Å². The van der Waals surface area contributed by atoms with Gasteiger partial charge in [0, 0.05) is 64.2 Å². The Morgan fingerprint density at radius 1 is 0.923 bits per heavy atom. The molecule has 7 nitrogen and oxygen atoms in total. The number of ether oxygens (including phenoxy) is 1. The number of piperazine rings is 1. The monoisotopic (exact) mass is 366 g/mol. The fraction of sp³-hybridized carbons (Fsp3) is 0.895. The van der Waals surface area contributed by atoms with Gasteiger partial charge in [-0.1, -0.05) is 0 Å². The SMILES string of the molecule is CN1CCN(C(=O)C2CCC(C(=O)NCCN3CCOCC3)CC2)CC1. The van der Waals surface area contributed by atoms with Crippen LogP contribution in [0, 0.1) is 11.8 Å². The van der Waals surface area contributed by atoms with Gasteiger partial charge in [-0.25, -0.2) is 0 Å². The number of likely N-dealkylation sites (N-methyl/N-ethyl adjacent to an activating group) is 1. The third-order valence-electron chi connectivity index (χ3n) is 6.09. The van der Waals surface area contributed by atoms with Crippen molar-refractivity contribution < 1.29 is 14.3 Å². The molecule has 0 atom stereocenters. The van der Waals surface area contributed by atoms with Gasteiger partial charge in [0.2, 0.25) is 11.8 Å². The molecule has 2 aliphatic heterocycles. The van der Waals surface area contributed by atoms with Crippen LogP contribution in [-0.4, -0.2) is 99.1 Å². The number of rotatable bonds is 5. The van der Waals surface area contributed by atoms with Gasteiger partial charge < -0.3 is 19.9 Å². The first-order chi connectivity index (χ1) is 12.6. The van der Waals surface area contributed by atoms with E-state index < -0.39 is 0 Å². The summed E-state index contributed by atoms with van der Waals surface area (Å²) in [6, 6.07) is 0. The standard InChI is InChI=1S/C19H34N4O3/c1-21-8-10-23(11-9-21)19(25)17-4-2-16(3-5-17)18(24)20-6-7-22-12-14-26-15-13-22/h16-17H,2-15H2,1H3,(H,20,24). The Bertz CT molecular complexity index is 465. The minimum Gasteiger partial charge on any atom is -0.379 e. The first-order valence-electron chi connectivity index (χ1n) is 10.2. The quantitative estimate of drug-likeness (QED) is 0.743. The Balaban J connectivity index is 1.33. The molecule has 0 bridgehead atoms. The molecule has 2 amide bonds. The summed E-state index contributed by atoms with van der Waals surface area (Å²) < 4.78 is 5.34. The van der Waals surface area contributed by atoms with Crippen molar-refractivity contribution in [1.29, 1.82) is 0 Å². The lowest BCUT2D eigenvalue weighted by molar-refractivity contribution is -0.139. The Morgan fingerprint density at radius 2 is 1.54 bits per heavy atom. The first kappa shape index (κ1) is 19.6.